The molecule has 3 nitrogen and oxygen atoms in total. The van der Waals surface area contributed by atoms with Crippen LogP contribution in [0.4, 0.5) is 0 Å². The van der Waals surface area contributed by atoms with Crippen molar-refractivity contribution in [3.05, 3.63) is 0 Å². The highest BCUT2D eigenvalue weighted by Gasteiger charge is 2.27. The molecule has 1 saturated heterocycles. The van der Waals surface area contributed by atoms with Gasteiger partial charge in [0, 0.05) is 32.1 Å². The third-order valence-corrected chi connectivity index (χ3v) is 4.77. The van der Waals surface area contributed by atoms with Crippen LogP contribution in [0.3, 0.4) is 0 Å². The van der Waals surface area contributed by atoms with Crippen molar-refractivity contribution in [3.8, 4) is 0 Å². The number of carbonyl (C=O) groups excluding carboxylic acids is 1. The number of hydrogen-bond acceptors (Lipinski definition) is 2. The zero-order valence-corrected chi connectivity index (χ0v) is 13.2. The van der Waals surface area contributed by atoms with Crippen LogP contribution in [0.2, 0.25) is 0 Å². The maximum Gasteiger partial charge on any atom is 0.223 e. The first-order valence-electron chi connectivity index (χ1n) is 7.68. The minimum absolute atomic E-state index is 0. The molecule has 0 aromatic carbocycles. The van der Waals surface area contributed by atoms with Crippen LogP contribution in [0.1, 0.15) is 52.4 Å². The van der Waals surface area contributed by atoms with Gasteiger partial charge in [0.2, 0.25) is 5.91 Å². The second-order valence-electron chi connectivity index (χ2n) is 6.22. The molecule has 0 spiro atoms. The minimum atomic E-state index is 0. The lowest BCUT2D eigenvalue weighted by Gasteiger charge is -2.36. The van der Waals surface area contributed by atoms with Gasteiger partial charge in [-0.1, -0.05) is 39.0 Å². The molecule has 4 heteroatoms. The lowest BCUT2D eigenvalue weighted by atomic mass is 9.79. The molecule has 0 aromatic heterocycles. The summed E-state index contributed by atoms with van der Waals surface area (Å²) >= 11 is 0. The summed E-state index contributed by atoms with van der Waals surface area (Å²) < 4.78 is 0. The second-order valence-corrected chi connectivity index (χ2v) is 6.22. The van der Waals surface area contributed by atoms with Crippen molar-refractivity contribution in [2.45, 2.75) is 58.4 Å². The molecule has 0 bridgehead atoms. The predicted molar refractivity (Wildman–Crippen MR) is 81.6 cm³/mol. The minimum Gasteiger partial charge on any atom is -0.337 e. The molecule has 112 valence electrons. The zero-order valence-electron chi connectivity index (χ0n) is 12.4. The van der Waals surface area contributed by atoms with Crippen LogP contribution in [-0.2, 0) is 4.79 Å². The van der Waals surface area contributed by atoms with Gasteiger partial charge in [0.15, 0.2) is 0 Å². The number of nitrogens with one attached hydrogen (secondary N) is 1. The molecule has 1 N–H and O–H groups in total. The number of hydrogen-bond donors (Lipinski definition) is 1. The van der Waals surface area contributed by atoms with Crippen molar-refractivity contribution in [3.63, 3.8) is 0 Å². The van der Waals surface area contributed by atoms with E-state index in [4.69, 9.17) is 0 Å². The summed E-state index contributed by atoms with van der Waals surface area (Å²) in [6, 6.07) is 0.366. The van der Waals surface area contributed by atoms with Crippen LogP contribution in [0.15, 0.2) is 0 Å². The smallest absolute Gasteiger partial charge is 0.223 e. The van der Waals surface area contributed by atoms with Crippen molar-refractivity contribution in [1.82, 2.24) is 10.2 Å². The van der Waals surface area contributed by atoms with Crippen molar-refractivity contribution >= 4 is 18.3 Å². The van der Waals surface area contributed by atoms with Crippen molar-refractivity contribution < 1.29 is 4.79 Å². The monoisotopic (exact) mass is 288 g/mol. The fourth-order valence-electron chi connectivity index (χ4n) is 3.47. The molecule has 2 rings (SSSR count). The average molecular weight is 289 g/mol. The van der Waals surface area contributed by atoms with Crippen LogP contribution in [0, 0.1) is 11.8 Å². The molecule has 19 heavy (non-hydrogen) atoms. The van der Waals surface area contributed by atoms with Gasteiger partial charge >= 0.3 is 0 Å². The molecular weight excluding hydrogens is 260 g/mol. The van der Waals surface area contributed by atoms with Crippen molar-refractivity contribution in [2.75, 3.05) is 19.6 Å². The van der Waals surface area contributed by atoms with Crippen LogP contribution in [0.25, 0.3) is 0 Å². The van der Waals surface area contributed by atoms with Crippen molar-refractivity contribution in [1.29, 1.82) is 0 Å². The van der Waals surface area contributed by atoms with E-state index in [0.29, 0.717) is 17.9 Å². The summed E-state index contributed by atoms with van der Waals surface area (Å²) in [4.78, 5) is 14.4. The molecule has 2 fully saturated rings. The van der Waals surface area contributed by atoms with Gasteiger partial charge in [-0.25, -0.2) is 0 Å². The Bertz CT molecular complexity index is 279. The van der Waals surface area contributed by atoms with E-state index in [-0.39, 0.29) is 12.4 Å². The molecule has 1 amide bonds. The predicted octanol–water partition coefficient (Wildman–Crippen LogP) is 2.84. The van der Waals surface area contributed by atoms with Gasteiger partial charge < -0.3 is 10.2 Å². The molecule has 2 atom stereocenters. The van der Waals surface area contributed by atoms with Gasteiger partial charge in [-0.05, 0) is 18.8 Å². The maximum atomic E-state index is 12.4. The lowest BCUT2D eigenvalue weighted by Crippen LogP contribution is -2.52. The summed E-state index contributed by atoms with van der Waals surface area (Å²) in [5.74, 6) is 1.74. The number of halogens is 1. The molecule has 2 aliphatic rings. The Balaban J connectivity index is 0.00000180. The molecular formula is C15H29ClN2O. The highest BCUT2D eigenvalue weighted by molar-refractivity contribution is 5.85. The number of carbonyl (C=O) groups is 1. The maximum absolute atomic E-state index is 12.4. The molecule has 0 aromatic rings. The van der Waals surface area contributed by atoms with Crippen LogP contribution in [0.5, 0.6) is 0 Å². The third kappa shape index (κ3) is 4.64. The Morgan fingerprint density at radius 2 is 2.00 bits per heavy atom. The first-order chi connectivity index (χ1) is 8.68. The fraction of sp³-hybridized carbons (Fsp3) is 0.933. The normalized spacial score (nSPS) is 26.6. The first-order valence-corrected chi connectivity index (χ1v) is 7.68. The van der Waals surface area contributed by atoms with E-state index in [1.165, 1.54) is 32.1 Å². The average Bonchev–Trinajstić information content (AvgIpc) is 2.40. The summed E-state index contributed by atoms with van der Waals surface area (Å²) in [6.45, 7) is 7.21. The number of rotatable bonds is 3. The summed E-state index contributed by atoms with van der Waals surface area (Å²) in [5.41, 5.74) is 0. The number of piperazine rings is 1. The standard InChI is InChI=1S/C15H28N2O.ClH/c1-12(14-6-4-3-5-7-14)10-15(18)17-9-8-16-11-13(17)2;/h12-14,16H,3-11H2,1-2H3;1H/t12?,13-;/m0./s1. The molecule has 1 saturated carbocycles. The van der Waals surface area contributed by atoms with E-state index in [2.05, 4.69) is 24.1 Å². The molecule has 1 unspecified atom stereocenters. The summed E-state index contributed by atoms with van der Waals surface area (Å²) in [6.07, 6.45) is 7.57. The van der Waals surface area contributed by atoms with Crippen molar-refractivity contribution in [2.24, 2.45) is 11.8 Å². The molecule has 1 aliphatic carbocycles. The Morgan fingerprint density at radius 3 is 2.63 bits per heavy atom. The Hall–Kier alpha value is -0.280. The van der Waals surface area contributed by atoms with E-state index in [1.54, 1.807) is 0 Å². The van der Waals surface area contributed by atoms with E-state index >= 15 is 0 Å². The highest BCUT2D eigenvalue weighted by Crippen LogP contribution is 2.31. The first kappa shape index (κ1) is 16.8. The quantitative estimate of drug-likeness (QED) is 0.866. The van der Waals surface area contributed by atoms with E-state index < -0.39 is 0 Å². The Labute approximate surface area is 123 Å². The van der Waals surface area contributed by atoms with Crippen LogP contribution < -0.4 is 5.32 Å². The largest absolute Gasteiger partial charge is 0.337 e. The number of nitrogens with zero attached hydrogens (tertiary/aromatic N) is 1. The van der Waals surface area contributed by atoms with Gasteiger partial charge in [-0.2, -0.15) is 0 Å². The zero-order chi connectivity index (χ0) is 13.0. The van der Waals surface area contributed by atoms with Crippen LogP contribution in [-0.4, -0.2) is 36.5 Å². The molecule has 0 radical (unpaired) electrons. The van der Waals surface area contributed by atoms with Gasteiger partial charge in [0.25, 0.3) is 0 Å². The third-order valence-electron chi connectivity index (χ3n) is 4.77. The molecule has 1 aliphatic heterocycles. The fourth-order valence-corrected chi connectivity index (χ4v) is 3.47. The lowest BCUT2D eigenvalue weighted by molar-refractivity contribution is -0.135. The van der Waals surface area contributed by atoms with Gasteiger partial charge in [-0.15, -0.1) is 12.4 Å². The number of amides is 1. The van der Waals surface area contributed by atoms with Gasteiger partial charge in [0.1, 0.15) is 0 Å². The Morgan fingerprint density at radius 1 is 1.32 bits per heavy atom. The summed E-state index contributed by atoms with van der Waals surface area (Å²) in [5, 5.41) is 3.34. The Kier molecular flexibility index (Phi) is 7.16. The SMILES string of the molecule is CC(CC(=O)N1CCNC[C@@H]1C)C1CCCCC1.Cl. The van der Waals surface area contributed by atoms with E-state index in [9.17, 15) is 4.79 Å². The van der Waals surface area contributed by atoms with Crippen LogP contribution >= 0.6 is 12.4 Å². The van der Waals surface area contributed by atoms with E-state index in [1.807, 2.05) is 0 Å². The second kappa shape index (κ2) is 8.11. The van der Waals surface area contributed by atoms with E-state index in [0.717, 1.165) is 32.0 Å². The topological polar surface area (TPSA) is 32.3 Å². The molecule has 1 heterocycles. The van der Waals surface area contributed by atoms with Gasteiger partial charge in [-0.3, -0.25) is 4.79 Å². The highest BCUT2D eigenvalue weighted by atomic mass is 35.5. The van der Waals surface area contributed by atoms with Gasteiger partial charge in [0.05, 0.1) is 0 Å². The summed E-state index contributed by atoms with van der Waals surface area (Å²) in [7, 11) is 0.